The molecule has 11 nitrogen and oxygen atoms in total. The molecule has 1 aliphatic carbocycles. The highest BCUT2D eigenvalue weighted by molar-refractivity contribution is 6.01. The Morgan fingerprint density at radius 2 is 1.76 bits per heavy atom. The number of epoxide rings is 1. The van der Waals surface area contributed by atoms with Crippen LogP contribution in [-0.2, 0) is 35.1 Å². The molecule has 0 bridgehead atoms. The van der Waals surface area contributed by atoms with E-state index in [9.17, 15) is 19.2 Å². The summed E-state index contributed by atoms with van der Waals surface area (Å²) in [6, 6.07) is 6.16. The van der Waals surface area contributed by atoms with Crippen molar-refractivity contribution in [2.75, 3.05) is 46.6 Å². The smallest absolute Gasteiger partial charge is 0.244 e. The van der Waals surface area contributed by atoms with Crippen LogP contribution in [0.5, 0.6) is 5.75 Å². The monoisotopic (exact) mass is 586 g/mol. The van der Waals surface area contributed by atoms with Crippen LogP contribution in [0.2, 0.25) is 0 Å². The number of carbonyl (C=O) groups is 4. The molecular weight excluding hydrogens is 540 g/mol. The third-order valence-electron chi connectivity index (χ3n) is 8.97. The Bertz CT molecular complexity index is 1110. The number of primary amides is 1. The molecule has 4 atom stereocenters. The number of methoxy groups -OCH3 is 1. The number of nitrogens with zero attached hydrogens (tertiary/aromatic N) is 1. The summed E-state index contributed by atoms with van der Waals surface area (Å²) >= 11 is 0. The largest absolute Gasteiger partial charge is 0.497 e. The zero-order valence-electron chi connectivity index (χ0n) is 25.1. The lowest BCUT2D eigenvalue weighted by Gasteiger charge is -2.41. The Kier molecular flexibility index (Phi) is 10.6. The van der Waals surface area contributed by atoms with Crippen molar-refractivity contribution < 1.29 is 33.4 Å². The van der Waals surface area contributed by atoms with Crippen molar-refractivity contribution in [3.63, 3.8) is 0 Å². The standard InChI is InChI=1S/C31H46N4O7/c1-21(33-26(36)19-35-13-15-41-16-14-35)28(38)34-31(29(32)39,18-23-9-11-24(40-3)12-10-23)25(27(37)30(2)20-42-30)17-22-7-5-4-6-8-22/h9-12,21-22,25H,4-8,13-20H2,1-3H3,(H2,32,39)(H,33,36)(H,34,38)/t21-,25+,30+,31?/m0/s1. The second-order valence-electron chi connectivity index (χ2n) is 12.2. The Hall–Kier alpha value is -3.02. The summed E-state index contributed by atoms with van der Waals surface area (Å²) in [4.78, 5) is 56.2. The molecule has 2 saturated heterocycles. The average molecular weight is 587 g/mol. The van der Waals surface area contributed by atoms with Crippen molar-refractivity contribution in [3.05, 3.63) is 29.8 Å². The molecule has 3 aliphatic rings. The maximum atomic E-state index is 14.1. The molecule has 0 radical (unpaired) electrons. The number of amides is 3. The van der Waals surface area contributed by atoms with Gasteiger partial charge in [0.1, 0.15) is 22.9 Å². The van der Waals surface area contributed by atoms with Gasteiger partial charge in [-0.1, -0.05) is 44.2 Å². The van der Waals surface area contributed by atoms with Crippen molar-refractivity contribution in [1.82, 2.24) is 15.5 Å². The minimum absolute atomic E-state index is 0.00567. The SMILES string of the molecule is COc1ccc(CC(NC(=O)[C@H](C)NC(=O)CN2CCOCC2)(C(N)=O)[C@H](CC2CCCCC2)C(=O)[C@@]2(C)CO2)cc1. The number of carbonyl (C=O) groups excluding carboxylic acids is 4. The second-order valence-corrected chi connectivity index (χ2v) is 12.2. The first-order valence-electron chi connectivity index (χ1n) is 15.1. The number of hydrogen-bond acceptors (Lipinski definition) is 8. The molecule has 0 aromatic heterocycles. The molecule has 232 valence electrons. The summed E-state index contributed by atoms with van der Waals surface area (Å²) in [6.07, 6.45) is 5.56. The normalized spacial score (nSPS) is 24.1. The number of ether oxygens (including phenoxy) is 3. The third kappa shape index (κ3) is 7.87. The van der Waals surface area contributed by atoms with E-state index in [0.717, 1.165) is 32.1 Å². The molecule has 2 heterocycles. The highest BCUT2D eigenvalue weighted by atomic mass is 16.6. The predicted molar refractivity (Wildman–Crippen MR) is 156 cm³/mol. The van der Waals surface area contributed by atoms with E-state index >= 15 is 0 Å². The number of nitrogens with one attached hydrogen (secondary N) is 2. The summed E-state index contributed by atoms with van der Waals surface area (Å²) in [5.74, 6) is -1.98. The summed E-state index contributed by atoms with van der Waals surface area (Å²) in [5.41, 5.74) is 4.13. The summed E-state index contributed by atoms with van der Waals surface area (Å²) in [7, 11) is 1.56. The maximum Gasteiger partial charge on any atom is 0.244 e. The van der Waals surface area contributed by atoms with E-state index in [1.54, 1.807) is 45.2 Å². The summed E-state index contributed by atoms with van der Waals surface area (Å²) in [6.45, 7) is 6.04. The van der Waals surface area contributed by atoms with Crippen LogP contribution in [0.1, 0.15) is 57.9 Å². The molecule has 3 fully saturated rings. The van der Waals surface area contributed by atoms with Crippen LogP contribution >= 0.6 is 0 Å². The first kappa shape index (κ1) is 31.9. The molecule has 2 aliphatic heterocycles. The lowest BCUT2D eigenvalue weighted by Crippen LogP contribution is -2.68. The lowest BCUT2D eigenvalue weighted by molar-refractivity contribution is -0.143. The fourth-order valence-corrected chi connectivity index (χ4v) is 6.19. The summed E-state index contributed by atoms with van der Waals surface area (Å²) < 4.78 is 16.2. The number of Topliss-reactive ketones (excluding diaryl/α,β-unsaturated/α-hetero) is 1. The van der Waals surface area contributed by atoms with Gasteiger partial charge in [0.15, 0.2) is 5.78 Å². The van der Waals surface area contributed by atoms with E-state index < -0.39 is 34.9 Å². The van der Waals surface area contributed by atoms with Gasteiger partial charge in [-0.2, -0.15) is 0 Å². The Morgan fingerprint density at radius 3 is 2.33 bits per heavy atom. The number of hydrogen-bond donors (Lipinski definition) is 3. The van der Waals surface area contributed by atoms with Crippen molar-refractivity contribution in [2.24, 2.45) is 17.6 Å². The number of morpholine rings is 1. The molecule has 1 unspecified atom stereocenters. The number of nitrogens with two attached hydrogens (primary N) is 1. The molecule has 11 heteroatoms. The minimum Gasteiger partial charge on any atom is -0.497 e. The van der Waals surface area contributed by atoms with Crippen LogP contribution in [0.4, 0.5) is 0 Å². The first-order chi connectivity index (χ1) is 20.1. The van der Waals surface area contributed by atoms with Crippen LogP contribution in [0.3, 0.4) is 0 Å². The van der Waals surface area contributed by atoms with Crippen LogP contribution < -0.4 is 21.1 Å². The second kappa shape index (κ2) is 14.0. The van der Waals surface area contributed by atoms with Gasteiger partial charge in [0.2, 0.25) is 17.7 Å². The Morgan fingerprint density at radius 1 is 1.12 bits per heavy atom. The van der Waals surface area contributed by atoms with Crippen LogP contribution in [0, 0.1) is 11.8 Å². The fourth-order valence-electron chi connectivity index (χ4n) is 6.19. The minimum atomic E-state index is -1.74. The Balaban J connectivity index is 1.63. The zero-order chi connectivity index (χ0) is 30.3. The third-order valence-corrected chi connectivity index (χ3v) is 8.97. The average Bonchev–Trinajstić information content (AvgIpc) is 3.74. The van der Waals surface area contributed by atoms with Gasteiger partial charge in [0.25, 0.3) is 0 Å². The molecule has 0 spiro atoms. The van der Waals surface area contributed by atoms with Gasteiger partial charge in [-0.05, 0) is 43.9 Å². The van der Waals surface area contributed by atoms with Crippen molar-refractivity contribution >= 4 is 23.5 Å². The fraction of sp³-hybridized carbons (Fsp3) is 0.677. The van der Waals surface area contributed by atoms with E-state index in [1.165, 1.54) is 0 Å². The van der Waals surface area contributed by atoms with E-state index in [2.05, 4.69) is 10.6 Å². The molecule has 4 N–H and O–H groups in total. The molecule has 1 aromatic carbocycles. The van der Waals surface area contributed by atoms with Gasteiger partial charge in [0.05, 0.1) is 39.4 Å². The quantitative estimate of drug-likeness (QED) is 0.276. The topological polar surface area (TPSA) is 153 Å². The first-order valence-corrected chi connectivity index (χ1v) is 15.1. The molecular formula is C31H46N4O7. The molecule has 1 saturated carbocycles. The highest BCUT2D eigenvalue weighted by Gasteiger charge is 2.58. The van der Waals surface area contributed by atoms with Gasteiger partial charge in [-0.3, -0.25) is 24.1 Å². The van der Waals surface area contributed by atoms with Gasteiger partial charge in [0, 0.05) is 19.5 Å². The Labute approximate surface area is 248 Å². The van der Waals surface area contributed by atoms with Gasteiger partial charge < -0.3 is 30.6 Å². The zero-order valence-corrected chi connectivity index (χ0v) is 25.1. The van der Waals surface area contributed by atoms with E-state index in [-0.39, 0.29) is 37.2 Å². The lowest BCUT2D eigenvalue weighted by atomic mass is 9.68. The predicted octanol–water partition coefficient (Wildman–Crippen LogP) is 1.36. The van der Waals surface area contributed by atoms with E-state index in [1.807, 2.05) is 4.90 Å². The van der Waals surface area contributed by atoms with Crippen LogP contribution in [0.25, 0.3) is 0 Å². The van der Waals surface area contributed by atoms with Gasteiger partial charge in [-0.25, -0.2) is 0 Å². The van der Waals surface area contributed by atoms with Gasteiger partial charge in [-0.15, -0.1) is 0 Å². The molecule has 4 rings (SSSR count). The van der Waals surface area contributed by atoms with Crippen LogP contribution in [-0.4, -0.2) is 92.2 Å². The molecule has 42 heavy (non-hydrogen) atoms. The molecule has 1 aromatic rings. The summed E-state index contributed by atoms with van der Waals surface area (Å²) in [5, 5.41) is 5.66. The maximum absolute atomic E-state index is 14.1. The number of benzene rings is 1. The van der Waals surface area contributed by atoms with Gasteiger partial charge >= 0.3 is 0 Å². The van der Waals surface area contributed by atoms with Crippen LogP contribution in [0.15, 0.2) is 24.3 Å². The van der Waals surface area contributed by atoms with Crippen molar-refractivity contribution in [1.29, 1.82) is 0 Å². The number of ketones is 1. The number of rotatable bonds is 14. The highest BCUT2D eigenvalue weighted by Crippen LogP contribution is 2.41. The molecule has 3 amide bonds. The van der Waals surface area contributed by atoms with Crippen molar-refractivity contribution in [3.8, 4) is 5.75 Å². The van der Waals surface area contributed by atoms with E-state index in [0.29, 0.717) is 44.0 Å². The van der Waals surface area contributed by atoms with E-state index in [4.69, 9.17) is 19.9 Å². The van der Waals surface area contributed by atoms with Crippen molar-refractivity contribution in [2.45, 2.75) is 76.0 Å².